The topological polar surface area (TPSA) is 38.3 Å². The number of rotatable bonds is 6. The van der Waals surface area contributed by atoms with Crippen molar-refractivity contribution in [2.45, 2.75) is 25.8 Å². The first kappa shape index (κ1) is 14.3. The fourth-order valence-corrected chi connectivity index (χ4v) is 1.81. The molecule has 0 aliphatic carbocycles. The zero-order chi connectivity index (χ0) is 13.4. The Kier molecular flexibility index (Phi) is 5.96. The van der Waals surface area contributed by atoms with Crippen molar-refractivity contribution in [3.05, 3.63) is 35.9 Å². The molecule has 1 aromatic carbocycles. The summed E-state index contributed by atoms with van der Waals surface area (Å²) in [7, 11) is 0. The van der Waals surface area contributed by atoms with Crippen LogP contribution in [0.2, 0.25) is 0 Å². The minimum Gasteiger partial charge on any atom is -0.465 e. The number of benzene rings is 1. The molecule has 3 heteroatoms. The van der Waals surface area contributed by atoms with E-state index < -0.39 is 6.04 Å². The van der Waals surface area contributed by atoms with E-state index >= 15 is 0 Å². The SMILES string of the molecule is C#CCNC(C(=O)OCC)C(C)c1ccccc1. The third-order valence-corrected chi connectivity index (χ3v) is 2.79. The summed E-state index contributed by atoms with van der Waals surface area (Å²) >= 11 is 0. The Morgan fingerprint density at radius 2 is 2.11 bits per heavy atom. The highest BCUT2D eigenvalue weighted by Gasteiger charge is 2.26. The van der Waals surface area contributed by atoms with Crippen molar-refractivity contribution in [3.63, 3.8) is 0 Å². The molecule has 0 aromatic heterocycles. The molecule has 0 aliphatic rings. The van der Waals surface area contributed by atoms with E-state index in [2.05, 4.69) is 11.2 Å². The summed E-state index contributed by atoms with van der Waals surface area (Å²) in [6.45, 7) is 4.50. The maximum absolute atomic E-state index is 11.9. The van der Waals surface area contributed by atoms with Gasteiger partial charge in [-0.15, -0.1) is 6.42 Å². The summed E-state index contributed by atoms with van der Waals surface area (Å²) in [5.74, 6) is 2.24. The average molecular weight is 245 g/mol. The van der Waals surface area contributed by atoms with Crippen LogP contribution in [0.3, 0.4) is 0 Å². The van der Waals surface area contributed by atoms with Gasteiger partial charge in [-0.1, -0.05) is 43.2 Å². The van der Waals surface area contributed by atoms with Gasteiger partial charge >= 0.3 is 5.97 Å². The number of carbonyl (C=O) groups excluding carboxylic acids is 1. The van der Waals surface area contributed by atoms with E-state index in [1.165, 1.54) is 0 Å². The first-order valence-electron chi connectivity index (χ1n) is 6.09. The molecular weight excluding hydrogens is 226 g/mol. The van der Waals surface area contributed by atoms with Crippen LogP contribution in [-0.2, 0) is 9.53 Å². The van der Waals surface area contributed by atoms with Crippen LogP contribution in [0.5, 0.6) is 0 Å². The first-order valence-corrected chi connectivity index (χ1v) is 6.09. The van der Waals surface area contributed by atoms with Gasteiger partial charge in [-0.3, -0.25) is 10.1 Å². The Morgan fingerprint density at radius 1 is 1.44 bits per heavy atom. The maximum Gasteiger partial charge on any atom is 0.323 e. The monoisotopic (exact) mass is 245 g/mol. The highest BCUT2D eigenvalue weighted by Crippen LogP contribution is 2.19. The van der Waals surface area contributed by atoms with Crippen molar-refractivity contribution in [1.82, 2.24) is 5.32 Å². The molecule has 1 rings (SSSR count). The molecule has 0 aliphatic heterocycles. The summed E-state index contributed by atoms with van der Waals surface area (Å²) in [6.07, 6.45) is 5.23. The molecule has 3 nitrogen and oxygen atoms in total. The summed E-state index contributed by atoms with van der Waals surface area (Å²) in [6, 6.07) is 9.43. The molecule has 0 fully saturated rings. The van der Waals surface area contributed by atoms with Crippen molar-refractivity contribution in [2.24, 2.45) is 0 Å². The largest absolute Gasteiger partial charge is 0.465 e. The van der Waals surface area contributed by atoms with E-state index in [9.17, 15) is 4.79 Å². The highest BCUT2D eigenvalue weighted by atomic mass is 16.5. The Morgan fingerprint density at radius 3 is 2.67 bits per heavy atom. The maximum atomic E-state index is 11.9. The highest BCUT2D eigenvalue weighted by molar-refractivity contribution is 5.77. The second kappa shape index (κ2) is 7.52. The molecule has 0 saturated carbocycles. The van der Waals surface area contributed by atoms with Crippen LogP contribution in [-0.4, -0.2) is 25.2 Å². The van der Waals surface area contributed by atoms with Gasteiger partial charge in [0.1, 0.15) is 6.04 Å². The lowest BCUT2D eigenvalue weighted by Crippen LogP contribution is -2.42. The van der Waals surface area contributed by atoms with Gasteiger partial charge in [0.25, 0.3) is 0 Å². The third kappa shape index (κ3) is 3.90. The Hall–Kier alpha value is -1.79. The predicted octanol–water partition coefficient (Wildman–Crippen LogP) is 1.94. The predicted molar refractivity (Wildman–Crippen MR) is 72.1 cm³/mol. The summed E-state index contributed by atoms with van der Waals surface area (Å²) < 4.78 is 5.07. The van der Waals surface area contributed by atoms with E-state index in [-0.39, 0.29) is 11.9 Å². The van der Waals surface area contributed by atoms with Crippen molar-refractivity contribution in [1.29, 1.82) is 0 Å². The fraction of sp³-hybridized carbons (Fsp3) is 0.400. The molecule has 1 N–H and O–H groups in total. The van der Waals surface area contributed by atoms with Crippen LogP contribution in [0.1, 0.15) is 25.3 Å². The Balaban J connectivity index is 2.82. The number of terminal acetylenes is 1. The molecule has 0 spiro atoms. The molecule has 2 atom stereocenters. The first-order chi connectivity index (χ1) is 8.70. The minimum absolute atomic E-state index is 0.0126. The quantitative estimate of drug-likeness (QED) is 0.615. The Bertz CT molecular complexity index is 408. The number of carbonyl (C=O) groups is 1. The van der Waals surface area contributed by atoms with Gasteiger partial charge in [0.05, 0.1) is 13.2 Å². The van der Waals surface area contributed by atoms with E-state index in [1.807, 2.05) is 37.3 Å². The molecule has 0 bridgehead atoms. The van der Waals surface area contributed by atoms with Gasteiger partial charge in [0, 0.05) is 5.92 Å². The molecule has 0 amide bonds. The molecular formula is C15H19NO2. The van der Waals surface area contributed by atoms with Crippen LogP contribution >= 0.6 is 0 Å². The van der Waals surface area contributed by atoms with Crippen LogP contribution in [0.4, 0.5) is 0 Å². The molecule has 18 heavy (non-hydrogen) atoms. The molecule has 2 unspecified atom stereocenters. The second-order valence-electron chi connectivity index (χ2n) is 4.01. The number of ether oxygens (including phenoxy) is 1. The second-order valence-corrected chi connectivity index (χ2v) is 4.01. The summed E-state index contributed by atoms with van der Waals surface area (Å²) in [4.78, 5) is 11.9. The van der Waals surface area contributed by atoms with Gasteiger partial charge in [-0.2, -0.15) is 0 Å². The lowest BCUT2D eigenvalue weighted by molar-refractivity contribution is -0.146. The van der Waals surface area contributed by atoms with Gasteiger partial charge in [0.15, 0.2) is 0 Å². The molecule has 0 radical (unpaired) electrons. The molecule has 1 aromatic rings. The van der Waals surface area contributed by atoms with Crippen LogP contribution < -0.4 is 5.32 Å². The standard InChI is InChI=1S/C15H19NO2/c1-4-11-16-14(15(17)18-5-2)12(3)13-9-7-6-8-10-13/h1,6-10,12,14,16H,5,11H2,2-3H3. The van der Waals surface area contributed by atoms with Crippen LogP contribution in [0.15, 0.2) is 30.3 Å². The van der Waals surface area contributed by atoms with E-state index in [0.717, 1.165) is 5.56 Å². The van der Waals surface area contributed by atoms with Crippen LogP contribution in [0, 0.1) is 12.3 Å². The average Bonchev–Trinajstić information content (AvgIpc) is 2.40. The number of hydrogen-bond donors (Lipinski definition) is 1. The number of esters is 1. The lowest BCUT2D eigenvalue weighted by atomic mass is 9.93. The van der Waals surface area contributed by atoms with Gasteiger partial charge < -0.3 is 4.74 Å². The van der Waals surface area contributed by atoms with Gasteiger partial charge in [-0.25, -0.2) is 0 Å². The smallest absolute Gasteiger partial charge is 0.323 e. The molecule has 96 valence electrons. The van der Waals surface area contributed by atoms with Crippen molar-refractivity contribution in [2.75, 3.05) is 13.2 Å². The van der Waals surface area contributed by atoms with Crippen molar-refractivity contribution >= 4 is 5.97 Å². The zero-order valence-electron chi connectivity index (χ0n) is 10.8. The zero-order valence-corrected chi connectivity index (χ0v) is 10.8. The normalized spacial score (nSPS) is 13.4. The van der Waals surface area contributed by atoms with E-state index in [4.69, 9.17) is 11.2 Å². The number of hydrogen-bond acceptors (Lipinski definition) is 3. The molecule has 0 saturated heterocycles. The fourth-order valence-electron chi connectivity index (χ4n) is 1.81. The minimum atomic E-state index is -0.414. The van der Waals surface area contributed by atoms with Crippen molar-refractivity contribution < 1.29 is 9.53 Å². The third-order valence-electron chi connectivity index (χ3n) is 2.79. The van der Waals surface area contributed by atoms with E-state index in [0.29, 0.717) is 13.2 Å². The van der Waals surface area contributed by atoms with Crippen LogP contribution in [0.25, 0.3) is 0 Å². The Labute approximate surface area is 109 Å². The lowest BCUT2D eigenvalue weighted by Gasteiger charge is -2.23. The van der Waals surface area contributed by atoms with Crippen molar-refractivity contribution in [3.8, 4) is 12.3 Å². The molecule has 0 heterocycles. The summed E-state index contributed by atoms with van der Waals surface area (Å²) in [5, 5.41) is 3.04. The van der Waals surface area contributed by atoms with E-state index in [1.54, 1.807) is 6.92 Å². The summed E-state index contributed by atoms with van der Waals surface area (Å²) in [5.41, 5.74) is 1.08. The number of nitrogens with one attached hydrogen (secondary N) is 1. The van der Waals surface area contributed by atoms with Gasteiger partial charge in [-0.05, 0) is 12.5 Å². The van der Waals surface area contributed by atoms with Gasteiger partial charge in [0.2, 0.25) is 0 Å².